The zero-order valence-corrected chi connectivity index (χ0v) is 15.4. The predicted octanol–water partition coefficient (Wildman–Crippen LogP) is 5.05. The van der Waals surface area contributed by atoms with E-state index in [1.54, 1.807) is 0 Å². The number of likely N-dealkylation sites (tertiary alicyclic amines) is 1. The Morgan fingerprint density at radius 2 is 1.79 bits per heavy atom. The Kier molecular flexibility index (Phi) is 5.72. The minimum atomic E-state index is 0.563. The zero-order valence-electron chi connectivity index (χ0n) is 13.8. The zero-order chi connectivity index (χ0) is 16.9. The fourth-order valence-electron chi connectivity index (χ4n) is 2.91. The first-order chi connectivity index (χ1) is 11.6. The first-order valence-corrected chi connectivity index (χ1v) is 9.04. The van der Waals surface area contributed by atoms with Gasteiger partial charge in [-0.1, -0.05) is 29.8 Å². The van der Waals surface area contributed by atoms with Crippen LogP contribution in [0.3, 0.4) is 0 Å². The number of aryl methyl sites for hydroxylation is 1. The molecule has 1 saturated heterocycles. The third-order valence-electron chi connectivity index (χ3n) is 4.22. The first-order valence-electron chi connectivity index (χ1n) is 8.25. The van der Waals surface area contributed by atoms with Gasteiger partial charge in [0.15, 0.2) is 5.11 Å². The molecule has 0 spiro atoms. The van der Waals surface area contributed by atoms with Crippen LogP contribution in [0.1, 0.15) is 24.0 Å². The molecule has 0 radical (unpaired) electrons. The number of hydrogen-bond donors (Lipinski definition) is 2. The smallest absolute Gasteiger partial charge is 0.175 e. The highest BCUT2D eigenvalue weighted by atomic mass is 35.5. The minimum Gasteiger partial charge on any atom is -0.332 e. The van der Waals surface area contributed by atoms with Crippen molar-refractivity contribution in [2.45, 2.75) is 26.3 Å². The van der Waals surface area contributed by atoms with Crippen molar-refractivity contribution in [2.24, 2.45) is 0 Å². The van der Waals surface area contributed by atoms with Crippen LogP contribution >= 0.6 is 23.8 Å². The second-order valence-electron chi connectivity index (χ2n) is 6.23. The summed E-state index contributed by atoms with van der Waals surface area (Å²) in [5.41, 5.74) is 4.25. The standard InChI is InChI=1S/C19H22ClN3S/c1-14-7-8-17(12-18(14)20)22-19(24)21-16-6-4-5-15(11-16)13-23-9-2-3-10-23/h4-8,11-12H,2-3,9-10,13H2,1H3,(H2,21,22,24). The van der Waals surface area contributed by atoms with Gasteiger partial charge in [0.1, 0.15) is 0 Å². The number of hydrogen-bond acceptors (Lipinski definition) is 2. The molecule has 0 saturated carbocycles. The van der Waals surface area contributed by atoms with Crippen molar-refractivity contribution in [3.8, 4) is 0 Å². The summed E-state index contributed by atoms with van der Waals surface area (Å²) in [5, 5.41) is 7.72. The van der Waals surface area contributed by atoms with Gasteiger partial charge in [0.25, 0.3) is 0 Å². The molecule has 0 amide bonds. The number of rotatable bonds is 4. The molecule has 3 rings (SSSR count). The van der Waals surface area contributed by atoms with Crippen LogP contribution in [0.2, 0.25) is 5.02 Å². The fourth-order valence-corrected chi connectivity index (χ4v) is 3.33. The lowest BCUT2D eigenvalue weighted by molar-refractivity contribution is 0.331. The Morgan fingerprint density at radius 3 is 2.50 bits per heavy atom. The Labute approximate surface area is 154 Å². The molecule has 24 heavy (non-hydrogen) atoms. The van der Waals surface area contributed by atoms with Gasteiger partial charge in [-0.15, -0.1) is 0 Å². The van der Waals surface area contributed by atoms with Gasteiger partial charge in [-0.2, -0.15) is 0 Å². The summed E-state index contributed by atoms with van der Waals surface area (Å²) in [6.07, 6.45) is 2.62. The molecule has 5 heteroatoms. The van der Waals surface area contributed by atoms with E-state index in [2.05, 4.69) is 33.7 Å². The third kappa shape index (κ3) is 4.69. The normalized spacial score (nSPS) is 14.6. The van der Waals surface area contributed by atoms with Gasteiger partial charge in [-0.05, 0) is 80.5 Å². The molecule has 0 bridgehead atoms. The van der Waals surface area contributed by atoms with E-state index in [9.17, 15) is 0 Å². The van der Waals surface area contributed by atoms with Crippen LogP contribution in [0.4, 0.5) is 11.4 Å². The van der Waals surface area contributed by atoms with Crippen LogP contribution in [0.5, 0.6) is 0 Å². The van der Waals surface area contributed by atoms with Gasteiger partial charge < -0.3 is 10.6 Å². The summed E-state index contributed by atoms with van der Waals surface area (Å²) in [5.74, 6) is 0. The number of anilines is 2. The van der Waals surface area contributed by atoms with Crippen LogP contribution in [0.25, 0.3) is 0 Å². The lowest BCUT2D eigenvalue weighted by atomic mass is 10.2. The van der Waals surface area contributed by atoms with Crippen LogP contribution in [0, 0.1) is 6.92 Å². The maximum Gasteiger partial charge on any atom is 0.175 e. The molecule has 3 nitrogen and oxygen atoms in total. The quantitative estimate of drug-likeness (QED) is 0.747. The lowest BCUT2D eigenvalue weighted by Gasteiger charge is -2.16. The van der Waals surface area contributed by atoms with E-state index >= 15 is 0 Å². The average molecular weight is 360 g/mol. The van der Waals surface area contributed by atoms with Gasteiger partial charge in [0, 0.05) is 22.9 Å². The lowest BCUT2D eigenvalue weighted by Crippen LogP contribution is -2.20. The average Bonchev–Trinajstić information content (AvgIpc) is 3.04. The summed E-state index contributed by atoms with van der Waals surface area (Å²) in [4.78, 5) is 2.49. The number of halogens is 1. The van der Waals surface area contributed by atoms with E-state index in [4.69, 9.17) is 23.8 Å². The topological polar surface area (TPSA) is 27.3 Å². The maximum atomic E-state index is 6.15. The van der Waals surface area contributed by atoms with Crippen LogP contribution in [-0.2, 0) is 6.54 Å². The Morgan fingerprint density at radius 1 is 1.08 bits per heavy atom. The number of nitrogens with zero attached hydrogens (tertiary/aromatic N) is 1. The summed E-state index contributed by atoms with van der Waals surface area (Å²) < 4.78 is 0. The van der Waals surface area contributed by atoms with Crippen molar-refractivity contribution >= 4 is 40.3 Å². The van der Waals surface area contributed by atoms with Gasteiger partial charge in [-0.25, -0.2) is 0 Å². The molecular formula is C19H22ClN3S. The second-order valence-corrected chi connectivity index (χ2v) is 7.04. The summed E-state index contributed by atoms with van der Waals surface area (Å²) in [6.45, 7) is 5.38. The molecule has 0 aliphatic carbocycles. The molecule has 0 aromatic heterocycles. The molecular weight excluding hydrogens is 338 g/mol. The highest BCUT2D eigenvalue weighted by Crippen LogP contribution is 2.21. The Hall–Kier alpha value is -1.62. The second kappa shape index (κ2) is 7.97. The molecule has 1 fully saturated rings. The van der Waals surface area contributed by atoms with Crippen LogP contribution < -0.4 is 10.6 Å². The highest BCUT2D eigenvalue weighted by Gasteiger charge is 2.11. The maximum absolute atomic E-state index is 6.15. The predicted molar refractivity (Wildman–Crippen MR) is 107 cm³/mol. The van der Waals surface area contributed by atoms with E-state index in [0.29, 0.717) is 5.11 Å². The molecule has 1 heterocycles. The third-order valence-corrected chi connectivity index (χ3v) is 4.83. The van der Waals surface area contributed by atoms with E-state index in [0.717, 1.165) is 28.5 Å². The van der Waals surface area contributed by atoms with E-state index in [1.807, 2.05) is 31.2 Å². The molecule has 0 unspecified atom stereocenters. The first kappa shape index (κ1) is 17.2. The molecule has 0 atom stereocenters. The van der Waals surface area contributed by atoms with E-state index < -0.39 is 0 Å². The van der Waals surface area contributed by atoms with Gasteiger partial charge in [-0.3, -0.25) is 4.90 Å². The summed E-state index contributed by atoms with van der Waals surface area (Å²) in [6, 6.07) is 14.3. The van der Waals surface area contributed by atoms with Crippen molar-refractivity contribution in [2.75, 3.05) is 23.7 Å². The largest absolute Gasteiger partial charge is 0.332 e. The fraction of sp³-hybridized carbons (Fsp3) is 0.316. The molecule has 1 aliphatic heterocycles. The van der Waals surface area contributed by atoms with Crippen molar-refractivity contribution in [3.63, 3.8) is 0 Å². The molecule has 2 aromatic carbocycles. The van der Waals surface area contributed by atoms with Crippen LogP contribution in [-0.4, -0.2) is 23.1 Å². The summed E-state index contributed by atoms with van der Waals surface area (Å²) in [7, 11) is 0. The van der Waals surface area contributed by atoms with Gasteiger partial charge >= 0.3 is 0 Å². The number of benzene rings is 2. The summed E-state index contributed by atoms with van der Waals surface area (Å²) >= 11 is 11.6. The van der Waals surface area contributed by atoms with Gasteiger partial charge in [0.05, 0.1) is 0 Å². The highest BCUT2D eigenvalue weighted by molar-refractivity contribution is 7.80. The van der Waals surface area contributed by atoms with Crippen molar-refractivity contribution in [1.82, 2.24) is 4.90 Å². The van der Waals surface area contributed by atoms with E-state index in [1.165, 1.54) is 31.5 Å². The SMILES string of the molecule is Cc1ccc(NC(=S)Nc2cccc(CN3CCCC3)c2)cc1Cl. The molecule has 126 valence electrons. The number of nitrogens with one attached hydrogen (secondary N) is 2. The van der Waals surface area contributed by atoms with E-state index in [-0.39, 0.29) is 0 Å². The monoisotopic (exact) mass is 359 g/mol. The molecule has 2 aromatic rings. The van der Waals surface area contributed by atoms with Crippen molar-refractivity contribution in [3.05, 3.63) is 58.6 Å². The number of thiocarbonyl (C=S) groups is 1. The van der Waals surface area contributed by atoms with Crippen molar-refractivity contribution in [1.29, 1.82) is 0 Å². The van der Waals surface area contributed by atoms with Gasteiger partial charge in [0.2, 0.25) is 0 Å². The van der Waals surface area contributed by atoms with Crippen molar-refractivity contribution < 1.29 is 0 Å². The van der Waals surface area contributed by atoms with Crippen LogP contribution in [0.15, 0.2) is 42.5 Å². The molecule has 2 N–H and O–H groups in total. The minimum absolute atomic E-state index is 0.563. The Bertz CT molecular complexity index is 726. The molecule has 1 aliphatic rings. The Balaban J connectivity index is 1.60.